The van der Waals surface area contributed by atoms with E-state index in [9.17, 15) is 4.79 Å². The molecule has 2 rings (SSSR count). The lowest BCUT2D eigenvalue weighted by Gasteiger charge is -2.38. The van der Waals surface area contributed by atoms with E-state index in [-0.39, 0.29) is 11.4 Å². The third-order valence-electron chi connectivity index (χ3n) is 2.64. The monoisotopic (exact) mass is 258 g/mol. The van der Waals surface area contributed by atoms with Crippen molar-refractivity contribution in [1.29, 1.82) is 0 Å². The van der Waals surface area contributed by atoms with Gasteiger partial charge < -0.3 is 10.2 Å². The van der Waals surface area contributed by atoms with Crippen molar-refractivity contribution in [2.75, 3.05) is 19.6 Å². The molecule has 1 aliphatic rings. The highest BCUT2D eigenvalue weighted by Gasteiger charge is 2.29. The van der Waals surface area contributed by atoms with Crippen LogP contribution in [0.1, 0.15) is 23.5 Å². The second-order valence-electron chi connectivity index (χ2n) is 4.64. The molecule has 5 heteroatoms. The highest BCUT2D eigenvalue weighted by Crippen LogP contribution is 2.23. The number of amides is 1. The molecule has 1 aromatic heterocycles. The van der Waals surface area contributed by atoms with Crippen LogP contribution in [0.15, 0.2) is 12.1 Å². The van der Waals surface area contributed by atoms with Crippen LogP contribution in [-0.4, -0.2) is 36.0 Å². The number of rotatable bonds is 1. The van der Waals surface area contributed by atoms with Gasteiger partial charge in [-0.15, -0.1) is 11.3 Å². The van der Waals surface area contributed by atoms with Gasteiger partial charge in [0.15, 0.2) is 0 Å². The minimum atomic E-state index is -0.00500. The Labute approximate surface area is 104 Å². The molecule has 0 radical (unpaired) electrons. The predicted octanol–water partition coefficient (Wildman–Crippen LogP) is 2.23. The topological polar surface area (TPSA) is 32.3 Å². The first-order valence-electron chi connectivity index (χ1n) is 5.28. The maximum absolute atomic E-state index is 12.2. The van der Waals surface area contributed by atoms with E-state index in [4.69, 9.17) is 11.6 Å². The standard InChI is InChI=1S/C11H15ClN2OS/c1-11(2)7-14(6-5-13-11)10(15)8-3-4-9(12)16-8/h3-4,13H,5-7H2,1-2H3. The van der Waals surface area contributed by atoms with Gasteiger partial charge in [0.1, 0.15) is 0 Å². The van der Waals surface area contributed by atoms with Crippen molar-refractivity contribution in [3.63, 3.8) is 0 Å². The lowest BCUT2D eigenvalue weighted by molar-refractivity contribution is 0.0657. The van der Waals surface area contributed by atoms with Gasteiger partial charge in [-0.25, -0.2) is 0 Å². The number of nitrogens with zero attached hydrogens (tertiary/aromatic N) is 1. The first-order valence-corrected chi connectivity index (χ1v) is 6.47. The molecule has 88 valence electrons. The van der Waals surface area contributed by atoms with E-state index in [0.717, 1.165) is 24.5 Å². The third-order valence-corrected chi connectivity index (χ3v) is 3.86. The lowest BCUT2D eigenvalue weighted by atomic mass is 10.0. The van der Waals surface area contributed by atoms with Gasteiger partial charge in [0.2, 0.25) is 0 Å². The van der Waals surface area contributed by atoms with Crippen molar-refractivity contribution in [2.45, 2.75) is 19.4 Å². The van der Waals surface area contributed by atoms with Gasteiger partial charge in [-0.2, -0.15) is 0 Å². The molecule has 0 saturated carbocycles. The molecule has 0 atom stereocenters. The summed E-state index contributed by atoms with van der Waals surface area (Å²) in [6.07, 6.45) is 0. The summed E-state index contributed by atoms with van der Waals surface area (Å²) in [6, 6.07) is 3.57. The number of carbonyl (C=O) groups excluding carboxylic acids is 1. The summed E-state index contributed by atoms with van der Waals surface area (Å²) < 4.78 is 0.665. The molecule has 1 fully saturated rings. The van der Waals surface area contributed by atoms with E-state index < -0.39 is 0 Å². The van der Waals surface area contributed by atoms with Crippen molar-refractivity contribution >= 4 is 28.8 Å². The minimum absolute atomic E-state index is 0.00500. The fraction of sp³-hybridized carbons (Fsp3) is 0.545. The largest absolute Gasteiger partial charge is 0.335 e. The van der Waals surface area contributed by atoms with Gasteiger partial charge in [0.05, 0.1) is 9.21 Å². The quantitative estimate of drug-likeness (QED) is 0.838. The maximum atomic E-state index is 12.2. The van der Waals surface area contributed by atoms with Crippen LogP contribution in [0.4, 0.5) is 0 Å². The molecule has 16 heavy (non-hydrogen) atoms. The first-order chi connectivity index (χ1) is 7.48. The van der Waals surface area contributed by atoms with Gasteiger partial charge in [0.25, 0.3) is 5.91 Å². The van der Waals surface area contributed by atoms with Crippen LogP contribution < -0.4 is 5.32 Å². The summed E-state index contributed by atoms with van der Waals surface area (Å²) >= 11 is 7.18. The Hall–Kier alpha value is -0.580. The molecular weight excluding hydrogens is 244 g/mol. The van der Waals surface area contributed by atoms with E-state index in [1.54, 1.807) is 12.1 Å². The van der Waals surface area contributed by atoms with Crippen molar-refractivity contribution in [1.82, 2.24) is 10.2 Å². The average molecular weight is 259 g/mol. The summed E-state index contributed by atoms with van der Waals surface area (Å²) in [7, 11) is 0. The normalized spacial score (nSPS) is 19.8. The smallest absolute Gasteiger partial charge is 0.264 e. The number of thiophene rings is 1. The highest BCUT2D eigenvalue weighted by atomic mass is 35.5. The summed E-state index contributed by atoms with van der Waals surface area (Å²) in [6.45, 7) is 6.55. The molecule has 1 saturated heterocycles. The van der Waals surface area contributed by atoms with Crippen molar-refractivity contribution < 1.29 is 4.79 Å². The van der Waals surface area contributed by atoms with Gasteiger partial charge >= 0.3 is 0 Å². The van der Waals surface area contributed by atoms with Crippen LogP contribution in [-0.2, 0) is 0 Å². The van der Waals surface area contributed by atoms with E-state index in [2.05, 4.69) is 19.2 Å². The molecule has 0 aromatic carbocycles. The van der Waals surface area contributed by atoms with Crippen LogP contribution in [0.25, 0.3) is 0 Å². The highest BCUT2D eigenvalue weighted by molar-refractivity contribution is 7.17. The molecule has 0 spiro atoms. The molecule has 0 unspecified atom stereocenters. The number of piperazine rings is 1. The Morgan fingerprint density at radius 2 is 2.31 bits per heavy atom. The molecule has 1 aromatic rings. The lowest BCUT2D eigenvalue weighted by Crippen LogP contribution is -2.58. The van der Waals surface area contributed by atoms with E-state index >= 15 is 0 Å². The fourth-order valence-corrected chi connectivity index (χ4v) is 2.91. The second kappa shape index (κ2) is 4.35. The van der Waals surface area contributed by atoms with Crippen molar-refractivity contribution in [3.8, 4) is 0 Å². The maximum Gasteiger partial charge on any atom is 0.264 e. The van der Waals surface area contributed by atoms with Gasteiger partial charge in [-0.3, -0.25) is 4.79 Å². The number of hydrogen-bond donors (Lipinski definition) is 1. The zero-order valence-corrected chi connectivity index (χ0v) is 11.0. The average Bonchev–Trinajstić information content (AvgIpc) is 2.62. The number of halogens is 1. The summed E-state index contributed by atoms with van der Waals surface area (Å²) in [5.74, 6) is 0.0893. The first kappa shape index (κ1) is 11.9. The van der Waals surface area contributed by atoms with Crippen LogP contribution in [0.2, 0.25) is 4.34 Å². The van der Waals surface area contributed by atoms with Gasteiger partial charge in [-0.05, 0) is 26.0 Å². The van der Waals surface area contributed by atoms with Crippen LogP contribution in [0.3, 0.4) is 0 Å². The Morgan fingerprint density at radius 1 is 1.56 bits per heavy atom. The van der Waals surface area contributed by atoms with Gasteiger partial charge in [0, 0.05) is 25.2 Å². The Morgan fingerprint density at radius 3 is 2.88 bits per heavy atom. The molecule has 1 amide bonds. The SMILES string of the molecule is CC1(C)CN(C(=O)c2ccc(Cl)s2)CCN1. The summed E-state index contributed by atoms with van der Waals surface area (Å²) in [5, 5.41) is 3.38. The predicted molar refractivity (Wildman–Crippen MR) is 67.3 cm³/mol. The molecule has 1 aliphatic heterocycles. The molecule has 0 bridgehead atoms. The summed E-state index contributed by atoms with van der Waals surface area (Å²) in [5.41, 5.74) is -0.00500. The zero-order chi connectivity index (χ0) is 11.8. The Bertz CT molecular complexity index is 402. The molecular formula is C11H15ClN2OS. The minimum Gasteiger partial charge on any atom is -0.335 e. The van der Waals surface area contributed by atoms with Crippen LogP contribution >= 0.6 is 22.9 Å². The molecule has 2 heterocycles. The molecule has 3 nitrogen and oxygen atoms in total. The van der Waals surface area contributed by atoms with E-state index in [0.29, 0.717) is 4.34 Å². The Balaban J connectivity index is 2.10. The third kappa shape index (κ3) is 2.56. The zero-order valence-electron chi connectivity index (χ0n) is 9.42. The number of nitrogens with one attached hydrogen (secondary N) is 1. The van der Waals surface area contributed by atoms with Crippen LogP contribution in [0.5, 0.6) is 0 Å². The van der Waals surface area contributed by atoms with Crippen LogP contribution in [0, 0.1) is 0 Å². The molecule has 1 N–H and O–H groups in total. The second-order valence-corrected chi connectivity index (χ2v) is 6.36. The number of hydrogen-bond acceptors (Lipinski definition) is 3. The number of carbonyl (C=O) groups is 1. The fourth-order valence-electron chi connectivity index (χ4n) is 1.90. The van der Waals surface area contributed by atoms with E-state index in [1.165, 1.54) is 11.3 Å². The summed E-state index contributed by atoms with van der Waals surface area (Å²) in [4.78, 5) is 14.8. The van der Waals surface area contributed by atoms with Crippen molar-refractivity contribution in [3.05, 3.63) is 21.3 Å². The Kier molecular flexibility index (Phi) is 3.24. The van der Waals surface area contributed by atoms with E-state index in [1.807, 2.05) is 4.90 Å². The van der Waals surface area contributed by atoms with Gasteiger partial charge in [-0.1, -0.05) is 11.6 Å². The van der Waals surface area contributed by atoms with Crippen molar-refractivity contribution in [2.24, 2.45) is 0 Å². The molecule has 0 aliphatic carbocycles.